The van der Waals surface area contributed by atoms with Crippen LogP contribution in [-0.4, -0.2) is 29.4 Å². The van der Waals surface area contributed by atoms with E-state index in [1.165, 1.54) is 5.06 Å². The number of rotatable bonds is 4. The highest BCUT2D eigenvalue weighted by Gasteiger charge is 2.18. The molecule has 4 heteroatoms. The van der Waals surface area contributed by atoms with Crippen molar-refractivity contribution in [3.63, 3.8) is 0 Å². The number of esters is 1. The molecule has 0 aromatic heterocycles. The fourth-order valence-electron chi connectivity index (χ4n) is 2.48. The van der Waals surface area contributed by atoms with E-state index < -0.39 is 0 Å². The van der Waals surface area contributed by atoms with Crippen LogP contribution in [0.5, 0.6) is 0 Å². The third-order valence-corrected chi connectivity index (χ3v) is 3.58. The van der Waals surface area contributed by atoms with Gasteiger partial charge in [0.25, 0.3) is 0 Å². The fraction of sp³-hybridized carbons (Fsp3) is 0.105. The first-order valence-electron chi connectivity index (χ1n) is 7.39. The van der Waals surface area contributed by atoms with Gasteiger partial charge in [-0.1, -0.05) is 60.7 Å². The van der Waals surface area contributed by atoms with E-state index in [9.17, 15) is 10.0 Å². The van der Waals surface area contributed by atoms with Gasteiger partial charge in [0.05, 0.1) is 17.8 Å². The van der Waals surface area contributed by atoms with E-state index in [-0.39, 0.29) is 12.6 Å². The zero-order chi connectivity index (χ0) is 16.1. The Hall–Kier alpha value is -2.85. The number of nitrogens with zero attached hydrogens (tertiary/aromatic N) is 1. The van der Waals surface area contributed by atoms with Gasteiger partial charge in [0.2, 0.25) is 0 Å². The van der Waals surface area contributed by atoms with Crippen LogP contribution in [0.15, 0.2) is 78.4 Å². The van der Waals surface area contributed by atoms with Gasteiger partial charge < -0.3 is 4.74 Å². The summed E-state index contributed by atoms with van der Waals surface area (Å²) in [6.45, 7) is 0.506. The number of hydrogen-bond acceptors (Lipinski definition) is 4. The molecule has 0 amide bonds. The van der Waals surface area contributed by atoms with E-state index in [4.69, 9.17) is 4.74 Å². The highest BCUT2D eigenvalue weighted by atomic mass is 16.5. The fourth-order valence-corrected chi connectivity index (χ4v) is 2.48. The quantitative estimate of drug-likeness (QED) is 0.878. The zero-order valence-electron chi connectivity index (χ0n) is 12.6. The first kappa shape index (κ1) is 15.1. The minimum Gasteiger partial charge on any atom is -0.457 e. The lowest BCUT2D eigenvalue weighted by Crippen LogP contribution is -2.23. The molecule has 2 aromatic carbocycles. The van der Waals surface area contributed by atoms with Crippen LogP contribution in [-0.2, 0) is 4.74 Å². The van der Waals surface area contributed by atoms with Crippen molar-refractivity contribution in [3.8, 4) is 0 Å². The largest absolute Gasteiger partial charge is 0.457 e. The molecule has 116 valence electrons. The molecule has 2 aromatic rings. The highest BCUT2D eigenvalue weighted by Crippen LogP contribution is 2.26. The number of hydroxylamine groups is 2. The summed E-state index contributed by atoms with van der Waals surface area (Å²) in [7, 11) is 0. The van der Waals surface area contributed by atoms with Crippen molar-refractivity contribution in [2.45, 2.75) is 0 Å². The molecular formula is C19H17NO3. The van der Waals surface area contributed by atoms with Crippen molar-refractivity contribution in [2.24, 2.45) is 0 Å². The predicted octanol–water partition coefficient (Wildman–Crippen LogP) is 3.52. The van der Waals surface area contributed by atoms with E-state index in [2.05, 4.69) is 0 Å². The third-order valence-electron chi connectivity index (χ3n) is 3.58. The molecule has 0 bridgehead atoms. The molecule has 23 heavy (non-hydrogen) atoms. The predicted molar refractivity (Wildman–Crippen MR) is 87.7 cm³/mol. The summed E-state index contributed by atoms with van der Waals surface area (Å²) in [5, 5.41) is 11.3. The van der Waals surface area contributed by atoms with Crippen LogP contribution in [0.2, 0.25) is 0 Å². The van der Waals surface area contributed by atoms with Crippen LogP contribution in [0.4, 0.5) is 0 Å². The normalized spacial score (nSPS) is 14.0. The van der Waals surface area contributed by atoms with Crippen molar-refractivity contribution in [1.82, 2.24) is 5.06 Å². The lowest BCUT2D eigenvalue weighted by Gasteiger charge is -2.25. The molecule has 3 rings (SSSR count). The maximum Gasteiger partial charge on any atom is 0.338 e. The molecule has 0 spiro atoms. The maximum absolute atomic E-state index is 12.1. The minimum absolute atomic E-state index is 0.103. The lowest BCUT2D eigenvalue weighted by atomic mass is 10.0. The molecule has 0 unspecified atom stereocenters. The SMILES string of the molecule is O=C(OCC1=C(c2ccccc2)N(O)CC=C1)c1ccccc1. The van der Waals surface area contributed by atoms with Crippen LogP contribution in [0.3, 0.4) is 0 Å². The Labute approximate surface area is 134 Å². The maximum atomic E-state index is 12.1. The summed E-state index contributed by atoms with van der Waals surface area (Å²) in [5.74, 6) is -0.381. The number of carbonyl (C=O) groups excluding carboxylic acids is 1. The first-order chi connectivity index (χ1) is 11.3. The molecule has 0 saturated carbocycles. The Kier molecular flexibility index (Phi) is 4.54. The summed E-state index contributed by atoms with van der Waals surface area (Å²) >= 11 is 0. The van der Waals surface area contributed by atoms with Crippen molar-refractivity contribution in [2.75, 3.05) is 13.2 Å². The average Bonchev–Trinajstić information content (AvgIpc) is 2.61. The smallest absolute Gasteiger partial charge is 0.338 e. The van der Waals surface area contributed by atoms with Crippen LogP contribution in [0, 0.1) is 0 Å². The standard InChI is InChI=1S/C19H17NO3/c21-19(16-10-5-2-6-11-16)23-14-17-12-7-13-20(22)18(17)15-8-3-1-4-9-15/h1-12,22H,13-14H2. The molecule has 4 nitrogen and oxygen atoms in total. The number of hydrogen-bond donors (Lipinski definition) is 1. The van der Waals surface area contributed by atoms with Crippen molar-refractivity contribution in [3.05, 3.63) is 89.5 Å². The Morgan fingerprint density at radius 1 is 1.04 bits per heavy atom. The number of ether oxygens (including phenoxy) is 1. The van der Waals surface area contributed by atoms with Gasteiger partial charge in [-0.2, -0.15) is 0 Å². The Morgan fingerprint density at radius 3 is 2.39 bits per heavy atom. The van der Waals surface area contributed by atoms with Gasteiger partial charge in [-0.25, -0.2) is 4.79 Å². The second-order valence-corrected chi connectivity index (χ2v) is 5.17. The van der Waals surface area contributed by atoms with E-state index in [0.29, 0.717) is 17.8 Å². The average molecular weight is 307 g/mol. The van der Waals surface area contributed by atoms with E-state index >= 15 is 0 Å². The molecule has 0 aliphatic carbocycles. The number of benzene rings is 2. The van der Waals surface area contributed by atoms with Gasteiger partial charge in [0, 0.05) is 11.1 Å². The van der Waals surface area contributed by atoms with Gasteiger partial charge in [-0.3, -0.25) is 10.3 Å². The Morgan fingerprint density at radius 2 is 1.70 bits per heavy atom. The molecule has 1 N–H and O–H groups in total. The topological polar surface area (TPSA) is 49.8 Å². The summed E-state index contributed by atoms with van der Waals surface area (Å²) < 4.78 is 5.38. The minimum atomic E-state index is -0.381. The third kappa shape index (κ3) is 3.49. The zero-order valence-corrected chi connectivity index (χ0v) is 12.6. The van der Waals surface area contributed by atoms with E-state index in [1.54, 1.807) is 24.3 Å². The molecule has 1 aliphatic heterocycles. The summed E-state index contributed by atoms with van der Waals surface area (Å²) in [4.78, 5) is 12.1. The molecule has 0 atom stereocenters. The molecular weight excluding hydrogens is 290 g/mol. The van der Waals surface area contributed by atoms with Crippen LogP contribution < -0.4 is 0 Å². The lowest BCUT2D eigenvalue weighted by molar-refractivity contribution is -0.0180. The van der Waals surface area contributed by atoms with Gasteiger partial charge in [0.1, 0.15) is 6.61 Å². The number of carbonyl (C=O) groups is 1. The summed E-state index contributed by atoms with van der Waals surface area (Å²) in [5.41, 5.74) is 2.81. The Bertz CT molecular complexity index is 736. The Balaban J connectivity index is 1.81. The first-order valence-corrected chi connectivity index (χ1v) is 7.39. The monoisotopic (exact) mass is 307 g/mol. The molecule has 1 heterocycles. The van der Waals surface area contributed by atoms with Gasteiger partial charge >= 0.3 is 5.97 Å². The highest BCUT2D eigenvalue weighted by molar-refractivity contribution is 5.89. The second-order valence-electron chi connectivity index (χ2n) is 5.17. The van der Waals surface area contributed by atoms with Crippen molar-refractivity contribution >= 4 is 11.7 Å². The van der Waals surface area contributed by atoms with Crippen molar-refractivity contribution < 1.29 is 14.7 Å². The van der Waals surface area contributed by atoms with Crippen molar-refractivity contribution in [1.29, 1.82) is 0 Å². The molecule has 1 aliphatic rings. The molecule has 0 saturated heterocycles. The van der Waals surface area contributed by atoms with E-state index in [0.717, 1.165) is 11.1 Å². The molecule has 0 fully saturated rings. The molecule has 0 radical (unpaired) electrons. The van der Waals surface area contributed by atoms with Crippen LogP contribution in [0.1, 0.15) is 15.9 Å². The van der Waals surface area contributed by atoms with Gasteiger partial charge in [0.15, 0.2) is 0 Å². The van der Waals surface area contributed by atoms with Gasteiger partial charge in [-0.15, -0.1) is 0 Å². The van der Waals surface area contributed by atoms with Crippen LogP contribution >= 0.6 is 0 Å². The van der Waals surface area contributed by atoms with Crippen LogP contribution in [0.25, 0.3) is 5.70 Å². The summed E-state index contributed by atoms with van der Waals surface area (Å²) in [6.07, 6.45) is 3.71. The van der Waals surface area contributed by atoms with E-state index in [1.807, 2.05) is 48.6 Å². The van der Waals surface area contributed by atoms with Gasteiger partial charge in [-0.05, 0) is 12.1 Å². The summed E-state index contributed by atoms with van der Waals surface area (Å²) in [6, 6.07) is 18.4. The second kappa shape index (κ2) is 6.94.